The van der Waals surface area contributed by atoms with Crippen LogP contribution in [0.4, 0.5) is 0 Å². The summed E-state index contributed by atoms with van der Waals surface area (Å²) >= 11 is 0. The molecule has 0 saturated carbocycles. The first-order valence-corrected chi connectivity index (χ1v) is 19.1. The number of hydrogen-bond donors (Lipinski definition) is 0. The largest absolute Gasteiger partial charge is 0.307 e. The number of pyridine rings is 1. The van der Waals surface area contributed by atoms with E-state index in [0.717, 1.165) is 44.7 Å². The lowest BCUT2D eigenvalue weighted by Gasteiger charge is -2.17. The summed E-state index contributed by atoms with van der Waals surface area (Å²) in [7, 11) is 0. The molecule has 56 heavy (non-hydrogen) atoms. The van der Waals surface area contributed by atoms with Crippen LogP contribution in [0, 0.1) is 39.0 Å². The Kier molecular flexibility index (Phi) is 7.73. The molecule has 0 aliphatic heterocycles. The van der Waals surface area contributed by atoms with Gasteiger partial charge in [-0.15, -0.1) is 0 Å². The number of aromatic nitrogens is 3. The highest BCUT2D eigenvalue weighted by Crippen LogP contribution is 2.41. The predicted octanol–water partition coefficient (Wildman–Crippen LogP) is 13.4. The smallest absolute Gasteiger partial charge is 0.138 e. The van der Waals surface area contributed by atoms with Crippen molar-refractivity contribution < 1.29 is 0 Å². The summed E-state index contributed by atoms with van der Waals surface area (Å²) in [5.41, 5.74) is 17.5. The Labute approximate surface area is 326 Å². The summed E-state index contributed by atoms with van der Waals surface area (Å²) in [6, 6.07) is 56.6. The van der Waals surface area contributed by atoms with Gasteiger partial charge in [-0.2, -0.15) is 5.26 Å². The van der Waals surface area contributed by atoms with Crippen molar-refractivity contribution in [3.63, 3.8) is 0 Å². The van der Waals surface area contributed by atoms with Crippen molar-refractivity contribution in [1.29, 1.82) is 5.26 Å². The third kappa shape index (κ3) is 5.24. The molecular formula is C52H38N4. The summed E-state index contributed by atoms with van der Waals surface area (Å²) in [5, 5.41) is 15.1. The first kappa shape index (κ1) is 33.4. The molecule has 10 rings (SSSR count). The fourth-order valence-corrected chi connectivity index (χ4v) is 8.83. The summed E-state index contributed by atoms with van der Waals surface area (Å²) in [5.74, 6) is 0.792. The molecule has 7 aromatic carbocycles. The zero-order valence-electron chi connectivity index (χ0n) is 31.8. The van der Waals surface area contributed by atoms with Crippen LogP contribution in [0.2, 0.25) is 0 Å². The number of para-hydroxylation sites is 2. The first-order chi connectivity index (χ1) is 27.4. The van der Waals surface area contributed by atoms with Crippen molar-refractivity contribution in [2.75, 3.05) is 0 Å². The van der Waals surface area contributed by atoms with Gasteiger partial charge in [-0.1, -0.05) is 114 Å². The van der Waals surface area contributed by atoms with Crippen LogP contribution in [0.25, 0.3) is 88.5 Å². The van der Waals surface area contributed by atoms with Gasteiger partial charge in [-0.05, 0) is 110 Å². The van der Waals surface area contributed by atoms with Crippen LogP contribution in [0.3, 0.4) is 0 Å². The topological polar surface area (TPSA) is 46.5 Å². The first-order valence-electron chi connectivity index (χ1n) is 19.1. The zero-order chi connectivity index (χ0) is 38.1. The molecule has 0 spiro atoms. The molecule has 0 amide bonds. The van der Waals surface area contributed by atoms with Crippen molar-refractivity contribution in [2.45, 2.75) is 27.7 Å². The van der Waals surface area contributed by atoms with Crippen LogP contribution in [-0.4, -0.2) is 14.1 Å². The summed E-state index contributed by atoms with van der Waals surface area (Å²) < 4.78 is 4.58. The lowest BCUT2D eigenvalue weighted by atomic mass is 9.97. The molecule has 3 heterocycles. The molecule has 0 saturated heterocycles. The maximum absolute atomic E-state index is 10.4. The number of nitriles is 1. The molecule has 0 bridgehead atoms. The Bertz CT molecular complexity index is 3260. The van der Waals surface area contributed by atoms with E-state index in [4.69, 9.17) is 4.98 Å². The Balaban J connectivity index is 1.23. The van der Waals surface area contributed by atoms with Gasteiger partial charge >= 0.3 is 0 Å². The minimum atomic E-state index is 0.615. The number of fused-ring (bicyclic) bond motifs is 6. The molecule has 0 aliphatic carbocycles. The van der Waals surface area contributed by atoms with E-state index >= 15 is 0 Å². The Morgan fingerprint density at radius 1 is 0.446 bits per heavy atom. The molecule has 0 fully saturated rings. The van der Waals surface area contributed by atoms with E-state index in [2.05, 4.69) is 176 Å². The van der Waals surface area contributed by atoms with E-state index in [1.54, 1.807) is 0 Å². The highest BCUT2D eigenvalue weighted by molar-refractivity contribution is 6.12. The van der Waals surface area contributed by atoms with Crippen LogP contribution in [-0.2, 0) is 0 Å². The number of rotatable bonds is 5. The van der Waals surface area contributed by atoms with Gasteiger partial charge in [0.05, 0.1) is 45.6 Å². The molecule has 10 aromatic rings. The highest BCUT2D eigenvalue weighted by atomic mass is 15.1. The number of aryl methyl sites for hydroxylation is 4. The highest BCUT2D eigenvalue weighted by Gasteiger charge is 2.21. The molecule has 266 valence electrons. The lowest BCUT2D eigenvalue weighted by Crippen LogP contribution is -2.04. The molecule has 0 atom stereocenters. The van der Waals surface area contributed by atoms with E-state index in [1.807, 2.05) is 24.4 Å². The molecule has 0 unspecified atom stereocenters. The number of benzene rings is 7. The van der Waals surface area contributed by atoms with Crippen LogP contribution in [0.15, 0.2) is 158 Å². The summed E-state index contributed by atoms with van der Waals surface area (Å²) in [6.45, 7) is 8.64. The second-order valence-electron chi connectivity index (χ2n) is 15.0. The minimum absolute atomic E-state index is 0.615. The molecular weight excluding hydrogens is 681 g/mol. The molecule has 0 aliphatic rings. The average Bonchev–Trinajstić information content (AvgIpc) is 3.73. The van der Waals surface area contributed by atoms with E-state index in [0.29, 0.717) is 5.56 Å². The third-order valence-corrected chi connectivity index (χ3v) is 11.4. The van der Waals surface area contributed by atoms with Gasteiger partial charge in [0, 0.05) is 32.7 Å². The Hall–Kier alpha value is -7.22. The van der Waals surface area contributed by atoms with E-state index in [1.165, 1.54) is 66.1 Å². The quantitative estimate of drug-likeness (QED) is 0.178. The van der Waals surface area contributed by atoms with E-state index < -0.39 is 0 Å². The normalized spacial score (nSPS) is 11.6. The zero-order valence-corrected chi connectivity index (χ0v) is 31.8. The monoisotopic (exact) mass is 718 g/mol. The standard InChI is InChI=1S/C52H38N4/c1-32-17-21-39(34(3)25-32)36-19-23-49-44(27-36)42-13-7-9-15-47(42)55(49)51-31-54-52(29-46(51)41-12-6-5-11-38(41)30-53)56-48-16-10-8-14-43(48)45-28-37(20-24-50(45)56)40-22-18-33(2)26-35(40)4/h5-29,31H,1-4H3. The van der Waals surface area contributed by atoms with Crippen molar-refractivity contribution in [3.8, 4) is 51.0 Å². The van der Waals surface area contributed by atoms with Crippen molar-refractivity contribution in [3.05, 3.63) is 186 Å². The van der Waals surface area contributed by atoms with Gasteiger partial charge in [0.1, 0.15) is 5.82 Å². The van der Waals surface area contributed by atoms with Gasteiger partial charge in [-0.25, -0.2) is 4.98 Å². The van der Waals surface area contributed by atoms with Gasteiger partial charge in [0.25, 0.3) is 0 Å². The predicted molar refractivity (Wildman–Crippen MR) is 233 cm³/mol. The fraction of sp³-hybridized carbons (Fsp3) is 0.0769. The van der Waals surface area contributed by atoms with Crippen LogP contribution < -0.4 is 0 Å². The second-order valence-corrected chi connectivity index (χ2v) is 15.0. The van der Waals surface area contributed by atoms with Crippen molar-refractivity contribution >= 4 is 43.6 Å². The summed E-state index contributed by atoms with van der Waals surface area (Å²) in [6.07, 6.45) is 1.99. The third-order valence-electron chi connectivity index (χ3n) is 11.4. The molecule has 4 heteroatoms. The minimum Gasteiger partial charge on any atom is -0.307 e. The summed E-state index contributed by atoms with van der Waals surface area (Å²) in [4.78, 5) is 5.28. The molecule has 4 nitrogen and oxygen atoms in total. The molecule has 3 aromatic heterocycles. The van der Waals surface area contributed by atoms with Gasteiger partial charge < -0.3 is 4.57 Å². The van der Waals surface area contributed by atoms with Gasteiger partial charge in [0.2, 0.25) is 0 Å². The lowest BCUT2D eigenvalue weighted by molar-refractivity contribution is 1.06. The van der Waals surface area contributed by atoms with Crippen molar-refractivity contribution in [1.82, 2.24) is 14.1 Å². The van der Waals surface area contributed by atoms with E-state index in [-0.39, 0.29) is 0 Å². The van der Waals surface area contributed by atoms with Gasteiger partial charge in [0.15, 0.2) is 0 Å². The van der Waals surface area contributed by atoms with E-state index in [9.17, 15) is 5.26 Å². The fourth-order valence-electron chi connectivity index (χ4n) is 8.83. The average molecular weight is 719 g/mol. The van der Waals surface area contributed by atoms with Crippen LogP contribution in [0.5, 0.6) is 0 Å². The van der Waals surface area contributed by atoms with Crippen LogP contribution >= 0.6 is 0 Å². The maximum atomic E-state index is 10.4. The molecule has 0 radical (unpaired) electrons. The second kappa shape index (κ2) is 13.0. The number of hydrogen-bond acceptors (Lipinski definition) is 2. The Morgan fingerprint density at radius 3 is 1.55 bits per heavy atom. The van der Waals surface area contributed by atoms with Crippen LogP contribution in [0.1, 0.15) is 27.8 Å². The van der Waals surface area contributed by atoms with Crippen molar-refractivity contribution in [2.24, 2.45) is 0 Å². The van der Waals surface area contributed by atoms with Gasteiger partial charge in [-0.3, -0.25) is 4.57 Å². The maximum Gasteiger partial charge on any atom is 0.138 e. The Morgan fingerprint density at radius 2 is 0.964 bits per heavy atom. The SMILES string of the molecule is Cc1ccc(-c2ccc3c(c2)c2ccccc2n3-c2cc(-c3ccccc3C#N)c(-n3c4ccccc4c4cc(-c5ccc(C)cc5C)ccc43)cn2)c(C)c1. The molecule has 0 N–H and O–H groups in total. The number of nitrogens with zero attached hydrogens (tertiary/aromatic N) is 4.